The van der Waals surface area contributed by atoms with Crippen LogP contribution in [-0.2, 0) is 0 Å². The third-order valence-electron chi connectivity index (χ3n) is 3.47. The molecule has 0 aliphatic heterocycles. The average Bonchev–Trinajstić information content (AvgIpc) is 3.23. The summed E-state index contributed by atoms with van der Waals surface area (Å²) < 4.78 is 4.21. The van der Waals surface area contributed by atoms with Crippen molar-refractivity contribution in [1.29, 1.82) is 0 Å². The lowest BCUT2D eigenvalue weighted by molar-refractivity contribution is 1.06. The van der Waals surface area contributed by atoms with Crippen LogP contribution in [0.3, 0.4) is 0 Å². The van der Waals surface area contributed by atoms with Gasteiger partial charge in [-0.25, -0.2) is 0 Å². The fraction of sp³-hybridized carbons (Fsp3) is 0. The Bertz CT molecular complexity index is 730. The first-order chi connectivity index (χ1) is 9.93. The van der Waals surface area contributed by atoms with Crippen LogP contribution >= 0.6 is 0 Å². The second kappa shape index (κ2) is 4.35. The lowest BCUT2D eigenvalue weighted by Gasteiger charge is -2.08. The molecule has 0 aliphatic rings. The Hall–Kier alpha value is -2.88. The molecule has 0 aliphatic carbocycles. The van der Waals surface area contributed by atoms with Crippen molar-refractivity contribution >= 4 is 0 Å². The van der Waals surface area contributed by atoms with Crippen molar-refractivity contribution < 1.29 is 0 Å². The van der Waals surface area contributed by atoms with Gasteiger partial charge in [-0.05, 0) is 36.4 Å². The maximum absolute atomic E-state index is 3.33. The molecular formula is C16H14N4. The molecule has 4 aromatic rings. The summed E-state index contributed by atoms with van der Waals surface area (Å²) in [5.74, 6) is 0. The van der Waals surface area contributed by atoms with Crippen molar-refractivity contribution in [1.82, 2.24) is 19.1 Å². The zero-order chi connectivity index (χ0) is 13.4. The summed E-state index contributed by atoms with van der Waals surface area (Å²) in [4.78, 5) is 6.67. The number of aromatic nitrogens is 4. The quantitative estimate of drug-likeness (QED) is 0.566. The maximum atomic E-state index is 3.33. The van der Waals surface area contributed by atoms with E-state index in [-0.39, 0.29) is 0 Å². The molecule has 98 valence electrons. The summed E-state index contributed by atoms with van der Waals surface area (Å²) in [5, 5.41) is 0. The zero-order valence-electron chi connectivity index (χ0n) is 10.8. The molecule has 0 aromatic carbocycles. The molecule has 0 bridgehead atoms. The molecule has 0 radical (unpaired) electrons. The van der Waals surface area contributed by atoms with Crippen molar-refractivity contribution in [2.24, 2.45) is 0 Å². The minimum Gasteiger partial charge on any atom is -0.358 e. The second-order valence-corrected chi connectivity index (χ2v) is 4.66. The van der Waals surface area contributed by atoms with Crippen LogP contribution in [0.4, 0.5) is 0 Å². The van der Waals surface area contributed by atoms with Gasteiger partial charge in [-0.15, -0.1) is 0 Å². The summed E-state index contributed by atoms with van der Waals surface area (Å²) in [6.07, 6.45) is 12.1. The molecule has 4 rings (SSSR count). The third-order valence-corrected chi connectivity index (χ3v) is 3.47. The highest BCUT2D eigenvalue weighted by Gasteiger charge is 2.13. The average molecular weight is 262 g/mol. The van der Waals surface area contributed by atoms with Crippen LogP contribution in [0, 0.1) is 0 Å². The lowest BCUT2D eigenvalue weighted by atomic mass is 10.2. The third kappa shape index (κ3) is 1.62. The summed E-state index contributed by atoms with van der Waals surface area (Å²) in [7, 11) is 0. The molecule has 4 nitrogen and oxygen atoms in total. The Kier molecular flexibility index (Phi) is 2.39. The number of rotatable bonds is 3. The van der Waals surface area contributed by atoms with Crippen LogP contribution in [0.15, 0.2) is 73.6 Å². The minimum absolute atomic E-state index is 1.08. The fourth-order valence-corrected chi connectivity index (χ4v) is 2.54. The molecule has 0 saturated carbocycles. The molecule has 0 fully saturated rings. The molecule has 0 amide bonds. The standard InChI is InChI=1S/C16H14N4/c1-2-10-19(9-1)13-5-7-17-15(13)16-14(6-8-18-16)20-11-3-4-12-20/h1-12,17-18H. The SMILES string of the molecule is c1ccn(-c2cc[nH]c2-c2[nH]ccc2-n2cccc2)c1. The van der Waals surface area contributed by atoms with Gasteiger partial charge in [0.25, 0.3) is 0 Å². The molecule has 4 heterocycles. The van der Waals surface area contributed by atoms with Gasteiger partial charge in [0.05, 0.1) is 22.8 Å². The van der Waals surface area contributed by atoms with E-state index in [2.05, 4.69) is 31.2 Å². The predicted molar refractivity (Wildman–Crippen MR) is 79.2 cm³/mol. The van der Waals surface area contributed by atoms with Crippen molar-refractivity contribution in [2.45, 2.75) is 0 Å². The molecule has 0 unspecified atom stereocenters. The van der Waals surface area contributed by atoms with Gasteiger partial charge in [0, 0.05) is 37.2 Å². The van der Waals surface area contributed by atoms with Crippen LogP contribution in [0.5, 0.6) is 0 Å². The fourth-order valence-electron chi connectivity index (χ4n) is 2.54. The first kappa shape index (κ1) is 11.0. The van der Waals surface area contributed by atoms with Gasteiger partial charge in [-0.3, -0.25) is 0 Å². The van der Waals surface area contributed by atoms with E-state index in [1.807, 2.05) is 61.4 Å². The van der Waals surface area contributed by atoms with Gasteiger partial charge in [-0.1, -0.05) is 0 Å². The van der Waals surface area contributed by atoms with Gasteiger partial charge in [0.15, 0.2) is 0 Å². The van der Waals surface area contributed by atoms with Crippen molar-refractivity contribution in [3.63, 3.8) is 0 Å². The van der Waals surface area contributed by atoms with Crippen molar-refractivity contribution in [2.75, 3.05) is 0 Å². The van der Waals surface area contributed by atoms with Crippen molar-refractivity contribution in [3.05, 3.63) is 73.6 Å². The van der Waals surface area contributed by atoms with Crippen LogP contribution in [0.25, 0.3) is 22.8 Å². The van der Waals surface area contributed by atoms with E-state index < -0.39 is 0 Å². The van der Waals surface area contributed by atoms with Crippen LogP contribution in [-0.4, -0.2) is 19.1 Å². The summed E-state index contributed by atoms with van der Waals surface area (Å²) in [5.41, 5.74) is 4.42. The molecule has 4 aromatic heterocycles. The molecule has 0 saturated heterocycles. The maximum Gasteiger partial charge on any atom is 0.0885 e. The largest absolute Gasteiger partial charge is 0.358 e. The van der Waals surface area contributed by atoms with Gasteiger partial charge in [0.1, 0.15) is 0 Å². The van der Waals surface area contributed by atoms with E-state index in [1.165, 1.54) is 0 Å². The van der Waals surface area contributed by atoms with Crippen LogP contribution < -0.4 is 0 Å². The highest BCUT2D eigenvalue weighted by molar-refractivity contribution is 5.74. The van der Waals surface area contributed by atoms with Gasteiger partial charge < -0.3 is 19.1 Å². The van der Waals surface area contributed by atoms with E-state index in [1.54, 1.807) is 0 Å². The van der Waals surface area contributed by atoms with Gasteiger partial charge in [-0.2, -0.15) is 0 Å². The Morgan fingerprint density at radius 3 is 1.40 bits per heavy atom. The van der Waals surface area contributed by atoms with Gasteiger partial charge in [0.2, 0.25) is 0 Å². The van der Waals surface area contributed by atoms with E-state index in [4.69, 9.17) is 0 Å². The molecule has 20 heavy (non-hydrogen) atoms. The van der Waals surface area contributed by atoms with E-state index in [0.717, 1.165) is 22.8 Å². The summed E-state index contributed by atoms with van der Waals surface area (Å²) >= 11 is 0. The number of hydrogen-bond donors (Lipinski definition) is 2. The number of nitrogens with one attached hydrogen (secondary N) is 2. The number of aromatic amines is 2. The molecule has 0 spiro atoms. The second-order valence-electron chi connectivity index (χ2n) is 4.66. The van der Waals surface area contributed by atoms with Crippen molar-refractivity contribution in [3.8, 4) is 22.8 Å². The Morgan fingerprint density at radius 1 is 0.600 bits per heavy atom. The highest BCUT2D eigenvalue weighted by atomic mass is 15.0. The predicted octanol–water partition coefficient (Wildman–Crippen LogP) is 3.59. The first-order valence-corrected chi connectivity index (χ1v) is 6.55. The normalized spacial score (nSPS) is 11.0. The van der Waals surface area contributed by atoms with E-state index in [9.17, 15) is 0 Å². The number of hydrogen-bond acceptors (Lipinski definition) is 0. The molecule has 0 atom stereocenters. The minimum atomic E-state index is 1.08. The number of nitrogens with zero attached hydrogens (tertiary/aromatic N) is 2. The molecular weight excluding hydrogens is 248 g/mol. The summed E-state index contributed by atoms with van der Waals surface area (Å²) in [6.45, 7) is 0. The molecule has 4 heteroatoms. The first-order valence-electron chi connectivity index (χ1n) is 6.55. The Morgan fingerprint density at radius 2 is 1.00 bits per heavy atom. The van der Waals surface area contributed by atoms with Crippen LogP contribution in [0.2, 0.25) is 0 Å². The topological polar surface area (TPSA) is 41.4 Å². The summed E-state index contributed by atoms with van der Waals surface area (Å²) in [6, 6.07) is 12.3. The Balaban J connectivity index is 1.88. The molecule has 2 N–H and O–H groups in total. The zero-order valence-corrected chi connectivity index (χ0v) is 10.8. The van der Waals surface area contributed by atoms with Crippen LogP contribution in [0.1, 0.15) is 0 Å². The van der Waals surface area contributed by atoms with Gasteiger partial charge >= 0.3 is 0 Å². The monoisotopic (exact) mass is 262 g/mol. The highest BCUT2D eigenvalue weighted by Crippen LogP contribution is 2.29. The lowest BCUT2D eigenvalue weighted by Crippen LogP contribution is -1.95. The smallest absolute Gasteiger partial charge is 0.0885 e. The Labute approximate surface area is 116 Å². The number of H-pyrrole nitrogens is 2. The van der Waals surface area contributed by atoms with E-state index >= 15 is 0 Å². The van der Waals surface area contributed by atoms with E-state index in [0.29, 0.717) is 0 Å².